The average Bonchev–Trinajstić information content (AvgIpc) is 2.83. The predicted octanol–water partition coefficient (Wildman–Crippen LogP) is 2.21. The van der Waals surface area contributed by atoms with E-state index in [-0.39, 0.29) is 12.5 Å². The van der Waals surface area contributed by atoms with Gasteiger partial charge in [-0.2, -0.15) is 0 Å². The van der Waals surface area contributed by atoms with Crippen molar-refractivity contribution in [2.75, 3.05) is 17.7 Å². The molecule has 2 aromatic rings. The number of anilines is 2. The maximum Gasteiger partial charge on any atom is 0.262 e. The highest BCUT2D eigenvalue weighted by molar-refractivity contribution is 8.01. The largest absolute Gasteiger partial charge is 0.482 e. The molecule has 0 atom stereocenters. The summed E-state index contributed by atoms with van der Waals surface area (Å²) in [6.45, 7) is 0.0331. The molecule has 0 radical (unpaired) electrons. The zero-order valence-electron chi connectivity index (χ0n) is 9.17. The number of rotatable bonds is 2. The van der Waals surface area contributed by atoms with Gasteiger partial charge in [0.25, 0.3) is 5.91 Å². The van der Waals surface area contributed by atoms with Crippen molar-refractivity contribution in [1.29, 1.82) is 0 Å². The molecule has 3 N–H and O–H groups in total. The summed E-state index contributed by atoms with van der Waals surface area (Å²) in [7, 11) is 0. The Morgan fingerprint density at radius 1 is 1.50 bits per heavy atom. The van der Waals surface area contributed by atoms with Crippen molar-refractivity contribution >= 4 is 40.4 Å². The van der Waals surface area contributed by atoms with Crippen LogP contribution in [-0.2, 0) is 4.79 Å². The molecule has 0 aliphatic carbocycles. The number of hydrogen-bond acceptors (Lipinski definition) is 6. The molecule has 1 amide bonds. The van der Waals surface area contributed by atoms with Crippen LogP contribution in [0, 0.1) is 0 Å². The number of amides is 1. The molecular weight excluding hydrogens is 270 g/mol. The first-order chi connectivity index (χ1) is 8.72. The summed E-state index contributed by atoms with van der Waals surface area (Å²) in [5.74, 6) is 0.452. The summed E-state index contributed by atoms with van der Waals surface area (Å²) in [4.78, 5) is 16.3. The summed E-state index contributed by atoms with van der Waals surface area (Å²) >= 11 is 3.01. The fourth-order valence-electron chi connectivity index (χ4n) is 1.57. The zero-order valence-corrected chi connectivity index (χ0v) is 10.8. The molecule has 1 aliphatic heterocycles. The summed E-state index contributed by atoms with van der Waals surface area (Å²) in [6, 6.07) is 3.54. The predicted molar refractivity (Wildman–Crippen MR) is 71.2 cm³/mol. The smallest absolute Gasteiger partial charge is 0.262 e. The number of hydrogen-bond donors (Lipinski definition) is 2. The Morgan fingerprint density at radius 3 is 3.17 bits per heavy atom. The number of carbonyl (C=O) groups excluding carboxylic acids is 1. The zero-order chi connectivity index (χ0) is 12.5. The first-order valence-electron chi connectivity index (χ1n) is 5.16. The Kier molecular flexibility index (Phi) is 2.85. The SMILES string of the molecule is Nc1cc2c(cc1Sc1nccs1)NC(=O)CO2. The van der Waals surface area contributed by atoms with E-state index in [9.17, 15) is 4.79 Å². The fourth-order valence-corrected chi connectivity index (χ4v) is 3.21. The van der Waals surface area contributed by atoms with Gasteiger partial charge in [0.05, 0.1) is 5.69 Å². The van der Waals surface area contributed by atoms with Crippen molar-refractivity contribution in [1.82, 2.24) is 4.98 Å². The Bertz CT molecular complexity index is 599. The molecule has 1 aromatic heterocycles. The molecule has 7 heteroatoms. The summed E-state index contributed by atoms with van der Waals surface area (Å²) in [5, 5.41) is 4.66. The van der Waals surface area contributed by atoms with Crippen molar-refractivity contribution in [3.05, 3.63) is 23.7 Å². The number of nitrogens with two attached hydrogens (primary N) is 1. The van der Waals surface area contributed by atoms with Gasteiger partial charge < -0.3 is 15.8 Å². The van der Waals surface area contributed by atoms with Crippen LogP contribution in [0.3, 0.4) is 0 Å². The lowest BCUT2D eigenvalue weighted by Crippen LogP contribution is -2.25. The molecule has 0 spiro atoms. The van der Waals surface area contributed by atoms with Crippen molar-refractivity contribution < 1.29 is 9.53 Å². The Morgan fingerprint density at radius 2 is 2.39 bits per heavy atom. The minimum absolute atomic E-state index is 0.0331. The minimum Gasteiger partial charge on any atom is -0.482 e. The van der Waals surface area contributed by atoms with Crippen LogP contribution in [0.5, 0.6) is 5.75 Å². The lowest BCUT2D eigenvalue weighted by atomic mass is 10.2. The van der Waals surface area contributed by atoms with Crippen LogP contribution in [0.25, 0.3) is 0 Å². The Labute approximate surface area is 111 Å². The number of thiazole rings is 1. The third kappa shape index (κ3) is 2.14. The van der Waals surface area contributed by atoms with Crippen LogP contribution in [0.4, 0.5) is 11.4 Å². The molecule has 18 heavy (non-hydrogen) atoms. The highest BCUT2D eigenvalue weighted by Gasteiger charge is 2.18. The van der Waals surface area contributed by atoms with E-state index in [1.165, 1.54) is 11.8 Å². The molecule has 92 valence electrons. The third-order valence-corrected chi connectivity index (χ3v) is 4.31. The van der Waals surface area contributed by atoms with Crippen LogP contribution >= 0.6 is 23.1 Å². The highest BCUT2D eigenvalue weighted by atomic mass is 32.2. The second-order valence-electron chi connectivity index (χ2n) is 3.62. The number of ether oxygens (including phenoxy) is 1. The summed E-state index contributed by atoms with van der Waals surface area (Å²) in [6.07, 6.45) is 1.74. The van der Waals surface area contributed by atoms with Gasteiger partial charge >= 0.3 is 0 Å². The molecular formula is C11H9N3O2S2. The second-order valence-corrected chi connectivity index (χ2v) is 5.81. The Hall–Kier alpha value is -1.73. The Balaban J connectivity index is 1.95. The van der Waals surface area contributed by atoms with Gasteiger partial charge in [-0.3, -0.25) is 4.79 Å². The number of fused-ring (bicyclic) bond motifs is 1. The van der Waals surface area contributed by atoms with E-state index in [4.69, 9.17) is 10.5 Å². The van der Waals surface area contributed by atoms with E-state index in [0.29, 0.717) is 17.1 Å². The van der Waals surface area contributed by atoms with Crippen LogP contribution in [0.1, 0.15) is 0 Å². The van der Waals surface area contributed by atoms with Crippen LogP contribution in [-0.4, -0.2) is 17.5 Å². The summed E-state index contributed by atoms with van der Waals surface area (Å²) in [5.41, 5.74) is 7.23. The molecule has 0 saturated heterocycles. The second kappa shape index (κ2) is 4.51. The number of carbonyl (C=O) groups is 1. The summed E-state index contributed by atoms with van der Waals surface area (Å²) < 4.78 is 6.20. The number of nitrogen functional groups attached to an aromatic ring is 1. The van der Waals surface area contributed by atoms with Crippen LogP contribution < -0.4 is 15.8 Å². The number of benzene rings is 1. The van der Waals surface area contributed by atoms with Gasteiger partial charge in [-0.1, -0.05) is 11.8 Å². The van der Waals surface area contributed by atoms with Gasteiger partial charge in [0.1, 0.15) is 5.75 Å². The average molecular weight is 279 g/mol. The van der Waals surface area contributed by atoms with Crippen molar-refractivity contribution in [3.63, 3.8) is 0 Å². The van der Waals surface area contributed by atoms with E-state index in [0.717, 1.165) is 9.24 Å². The van der Waals surface area contributed by atoms with Crippen LogP contribution in [0.2, 0.25) is 0 Å². The lowest BCUT2D eigenvalue weighted by molar-refractivity contribution is -0.118. The van der Waals surface area contributed by atoms with Crippen molar-refractivity contribution in [3.8, 4) is 5.75 Å². The molecule has 1 aliphatic rings. The van der Waals surface area contributed by atoms with E-state index in [1.807, 2.05) is 11.4 Å². The molecule has 0 saturated carbocycles. The molecule has 0 unspecified atom stereocenters. The standard InChI is InChI=1S/C11H9N3O2S2/c12-6-3-8-7(14-10(15)5-16-8)4-9(6)18-11-13-1-2-17-11/h1-4H,5,12H2,(H,14,15). The lowest BCUT2D eigenvalue weighted by Gasteiger charge is -2.19. The number of nitrogens with one attached hydrogen (secondary N) is 1. The highest BCUT2D eigenvalue weighted by Crippen LogP contribution is 2.40. The minimum atomic E-state index is -0.155. The van der Waals surface area contributed by atoms with Crippen molar-refractivity contribution in [2.45, 2.75) is 9.24 Å². The normalized spacial score (nSPS) is 13.7. The van der Waals surface area contributed by atoms with Crippen molar-refractivity contribution in [2.24, 2.45) is 0 Å². The van der Waals surface area contributed by atoms with Gasteiger partial charge in [-0.25, -0.2) is 4.98 Å². The van der Waals surface area contributed by atoms with Gasteiger partial charge in [0.2, 0.25) is 0 Å². The first kappa shape index (κ1) is 11.4. The van der Waals surface area contributed by atoms with Crippen LogP contribution in [0.15, 0.2) is 32.9 Å². The van der Waals surface area contributed by atoms with Gasteiger partial charge in [0, 0.05) is 28.2 Å². The monoisotopic (exact) mass is 279 g/mol. The maximum absolute atomic E-state index is 11.3. The quantitative estimate of drug-likeness (QED) is 0.824. The topological polar surface area (TPSA) is 77.2 Å². The third-order valence-electron chi connectivity index (χ3n) is 2.35. The maximum atomic E-state index is 11.3. The van der Waals surface area contributed by atoms with Gasteiger partial charge in [0.15, 0.2) is 10.9 Å². The number of nitrogens with zero attached hydrogens (tertiary/aromatic N) is 1. The molecule has 1 aromatic carbocycles. The molecule has 5 nitrogen and oxygen atoms in total. The van der Waals surface area contributed by atoms with Gasteiger partial charge in [-0.15, -0.1) is 11.3 Å². The van der Waals surface area contributed by atoms with E-state index in [1.54, 1.807) is 23.6 Å². The van der Waals surface area contributed by atoms with E-state index < -0.39 is 0 Å². The molecule has 0 fully saturated rings. The van der Waals surface area contributed by atoms with E-state index >= 15 is 0 Å². The molecule has 2 heterocycles. The first-order valence-corrected chi connectivity index (χ1v) is 6.85. The van der Waals surface area contributed by atoms with E-state index in [2.05, 4.69) is 10.3 Å². The van der Waals surface area contributed by atoms with Gasteiger partial charge in [-0.05, 0) is 6.07 Å². The molecule has 3 rings (SSSR count). The number of aromatic nitrogens is 1. The fraction of sp³-hybridized carbons (Fsp3) is 0.0909. The molecule has 0 bridgehead atoms.